The average Bonchev–Trinajstić information content (AvgIpc) is 3.63. The Morgan fingerprint density at radius 2 is 1.65 bits per heavy atom. The molecule has 2 aromatic rings. The predicted octanol–water partition coefficient (Wildman–Crippen LogP) is 3.30. The molecule has 2 atom stereocenters. The van der Waals surface area contributed by atoms with Gasteiger partial charge in [-0.1, -0.05) is 48.5 Å². The number of ether oxygens (including phenoxy) is 2. The number of hydrogen-bond donors (Lipinski definition) is 3. The van der Waals surface area contributed by atoms with E-state index in [0.29, 0.717) is 0 Å². The molecule has 34 heavy (non-hydrogen) atoms. The second-order valence-corrected chi connectivity index (χ2v) is 8.82. The van der Waals surface area contributed by atoms with Gasteiger partial charge in [-0.05, 0) is 41.0 Å². The number of methoxy groups -OCH3 is 1. The average molecular weight is 467 g/mol. The summed E-state index contributed by atoms with van der Waals surface area (Å²) in [6.07, 6.45) is 0.708. The zero-order chi connectivity index (χ0) is 24.1. The minimum atomic E-state index is -1.07. The van der Waals surface area contributed by atoms with Crippen molar-refractivity contribution in [3.8, 4) is 11.1 Å². The van der Waals surface area contributed by atoms with E-state index in [2.05, 4.69) is 34.9 Å². The van der Waals surface area contributed by atoms with Crippen molar-refractivity contribution in [2.45, 2.75) is 43.7 Å². The zero-order valence-electron chi connectivity index (χ0n) is 19.2. The molecular formula is C26H30N2O6. The van der Waals surface area contributed by atoms with Crippen LogP contribution < -0.4 is 10.6 Å². The van der Waals surface area contributed by atoms with Gasteiger partial charge in [-0.25, -0.2) is 9.59 Å². The van der Waals surface area contributed by atoms with Gasteiger partial charge in [0, 0.05) is 38.5 Å². The molecule has 0 aromatic heterocycles. The van der Waals surface area contributed by atoms with Gasteiger partial charge in [-0.3, -0.25) is 4.79 Å². The minimum absolute atomic E-state index is 0.0243. The Hall–Kier alpha value is -3.39. The second-order valence-electron chi connectivity index (χ2n) is 8.82. The van der Waals surface area contributed by atoms with Crippen molar-refractivity contribution in [2.75, 3.05) is 20.3 Å². The molecule has 4 rings (SSSR count). The van der Waals surface area contributed by atoms with Crippen LogP contribution in [0.3, 0.4) is 0 Å². The summed E-state index contributed by atoms with van der Waals surface area (Å²) in [5, 5.41) is 14.6. The summed E-state index contributed by atoms with van der Waals surface area (Å²) in [7, 11) is 1.32. The normalized spacial score (nSPS) is 16.1. The van der Waals surface area contributed by atoms with Crippen LogP contribution in [0.1, 0.15) is 42.7 Å². The zero-order valence-corrected chi connectivity index (χ0v) is 19.2. The van der Waals surface area contributed by atoms with Crippen LogP contribution in [-0.2, 0) is 19.1 Å². The van der Waals surface area contributed by atoms with Crippen LogP contribution in [0.2, 0.25) is 0 Å². The monoisotopic (exact) mass is 466 g/mol. The molecule has 0 aliphatic heterocycles. The number of rotatable bonds is 11. The molecule has 1 saturated carbocycles. The first-order valence-corrected chi connectivity index (χ1v) is 11.6. The first-order chi connectivity index (χ1) is 16.5. The molecule has 0 spiro atoms. The topological polar surface area (TPSA) is 114 Å². The summed E-state index contributed by atoms with van der Waals surface area (Å²) in [5.41, 5.74) is 4.62. The SMILES string of the molecule is COC(CCNC(=O)CC(NC(=O)OCC1c2ccccc2-c2ccccc21)C1CC1)C(=O)O. The van der Waals surface area contributed by atoms with Crippen molar-refractivity contribution in [1.29, 1.82) is 0 Å². The van der Waals surface area contributed by atoms with Crippen LogP contribution in [0.25, 0.3) is 11.1 Å². The van der Waals surface area contributed by atoms with Crippen molar-refractivity contribution < 1.29 is 29.0 Å². The van der Waals surface area contributed by atoms with Gasteiger partial charge in [-0.15, -0.1) is 0 Å². The van der Waals surface area contributed by atoms with Crippen molar-refractivity contribution in [1.82, 2.24) is 10.6 Å². The fraction of sp³-hybridized carbons (Fsp3) is 0.423. The van der Waals surface area contributed by atoms with Gasteiger partial charge >= 0.3 is 12.1 Å². The van der Waals surface area contributed by atoms with Crippen LogP contribution in [0.5, 0.6) is 0 Å². The van der Waals surface area contributed by atoms with Crippen LogP contribution in [-0.4, -0.2) is 55.5 Å². The van der Waals surface area contributed by atoms with Gasteiger partial charge in [0.2, 0.25) is 5.91 Å². The first-order valence-electron chi connectivity index (χ1n) is 11.6. The minimum Gasteiger partial charge on any atom is -0.479 e. The van der Waals surface area contributed by atoms with E-state index < -0.39 is 18.2 Å². The highest BCUT2D eigenvalue weighted by molar-refractivity contribution is 5.80. The summed E-state index contributed by atoms with van der Waals surface area (Å²) in [6, 6.07) is 16.0. The van der Waals surface area contributed by atoms with Crippen LogP contribution in [0.15, 0.2) is 48.5 Å². The Morgan fingerprint density at radius 3 is 2.21 bits per heavy atom. The Morgan fingerprint density at radius 1 is 1.03 bits per heavy atom. The van der Waals surface area contributed by atoms with Gasteiger partial charge in [-0.2, -0.15) is 0 Å². The molecule has 2 amide bonds. The van der Waals surface area contributed by atoms with E-state index in [1.165, 1.54) is 18.2 Å². The molecule has 2 aromatic carbocycles. The molecule has 1 fully saturated rings. The standard InChI is InChI=1S/C26H30N2O6/c1-33-23(25(30)31)12-13-27-24(29)14-22(16-10-11-16)28-26(32)34-15-21-19-8-4-2-6-17(19)18-7-3-5-9-20(18)21/h2-9,16,21-23H,10-15H2,1H3,(H,27,29)(H,28,32)(H,30,31). The molecule has 0 heterocycles. The van der Waals surface area contributed by atoms with E-state index in [1.54, 1.807) is 0 Å². The Kier molecular flexibility index (Phi) is 7.47. The summed E-state index contributed by atoms with van der Waals surface area (Å²) in [4.78, 5) is 36.0. The highest BCUT2D eigenvalue weighted by atomic mass is 16.5. The summed E-state index contributed by atoms with van der Waals surface area (Å²) in [5.74, 6) is -1.08. The number of aliphatic carboxylic acids is 1. The predicted molar refractivity (Wildman–Crippen MR) is 125 cm³/mol. The third kappa shape index (κ3) is 5.56. The summed E-state index contributed by atoms with van der Waals surface area (Å²) in [6.45, 7) is 0.406. The molecular weight excluding hydrogens is 436 g/mol. The van der Waals surface area contributed by atoms with E-state index in [-0.39, 0.29) is 49.8 Å². The van der Waals surface area contributed by atoms with Gasteiger partial charge in [0.05, 0.1) is 0 Å². The van der Waals surface area contributed by atoms with E-state index in [9.17, 15) is 14.4 Å². The number of nitrogens with one attached hydrogen (secondary N) is 2. The van der Waals surface area contributed by atoms with Crippen molar-refractivity contribution in [2.24, 2.45) is 5.92 Å². The van der Waals surface area contributed by atoms with Gasteiger partial charge < -0.3 is 25.2 Å². The molecule has 3 N–H and O–H groups in total. The van der Waals surface area contributed by atoms with E-state index in [0.717, 1.165) is 24.0 Å². The van der Waals surface area contributed by atoms with Crippen LogP contribution >= 0.6 is 0 Å². The highest BCUT2D eigenvalue weighted by Crippen LogP contribution is 2.44. The maximum atomic E-state index is 12.6. The molecule has 2 unspecified atom stereocenters. The smallest absolute Gasteiger partial charge is 0.407 e. The van der Waals surface area contributed by atoms with Crippen molar-refractivity contribution in [3.63, 3.8) is 0 Å². The maximum absolute atomic E-state index is 12.6. The molecule has 8 heteroatoms. The first kappa shape index (κ1) is 23.8. The number of hydrogen-bond acceptors (Lipinski definition) is 5. The number of carboxylic acids is 1. The molecule has 0 radical (unpaired) electrons. The van der Waals surface area contributed by atoms with Crippen LogP contribution in [0.4, 0.5) is 4.79 Å². The fourth-order valence-electron chi connectivity index (χ4n) is 4.58. The van der Waals surface area contributed by atoms with E-state index >= 15 is 0 Å². The Balaban J connectivity index is 1.29. The molecule has 8 nitrogen and oxygen atoms in total. The Labute approximate surface area is 198 Å². The van der Waals surface area contributed by atoms with E-state index in [1.807, 2.05) is 24.3 Å². The number of carbonyl (C=O) groups excluding carboxylic acids is 2. The second kappa shape index (κ2) is 10.7. The van der Waals surface area contributed by atoms with Gasteiger partial charge in [0.15, 0.2) is 6.10 Å². The molecule has 0 bridgehead atoms. The highest BCUT2D eigenvalue weighted by Gasteiger charge is 2.35. The molecule has 0 saturated heterocycles. The number of amides is 2. The lowest BCUT2D eigenvalue weighted by atomic mass is 9.98. The molecule has 2 aliphatic rings. The number of benzene rings is 2. The molecule has 2 aliphatic carbocycles. The van der Waals surface area contributed by atoms with Gasteiger partial charge in [0.25, 0.3) is 0 Å². The lowest BCUT2D eigenvalue weighted by molar-refractivity contribution is -0.149. The fourth-order valence-corrected chi connectivity index (χ4v) is 4.58. The lowest BCUT2D eigenvalue weighted by Gasteiger charge is -2.20. The van der Waals surface area contributed by atoms with Gasteiger partial charge in [0.1, 0.15) is 6.61 Å². The summed E-state index contributed by atoms with van der Waals surface area (Å²) >= 11 is 0. The van der Waals surface area contributed by atoms with Crippen LogP contribution in [0, 0.1) is 5.92 Å². The lowest BCUT2D eigenvalue weighted by Crippen LogP contribution is -2.41. The number of carboxylic acid groups (broad SMARTS) is 1. The third-order valence-electron chi connectivity index (χ3n) is 6.53. The number of alkyl carbamates (subject to hydrolysis) is 1. The molecule has 180 valence electrons. The van der Waals surface area contributed by atoms with Crippen molar-refractivity contribution >= 4 is 18.0 Å². The summed E-state index contributed by atoms with van der Waals surface area (Å²) < 4.78 is 10.5. The third-order valence-corrected chi connectivity index (χ3v) is 6.53. The maximum Gasteiger partial charge on any atom is 0.407 e. The van der Waals surface area contributed by atoms with Crippen molar-refractivity contribution in [3.05, 3.63) is 59.7 Å². The quantitative estimate of drug-likeness (QED) is 0.468. The largest absolute Gasteiger partial charge is 0.479 e. The Bertz CT molecular complexity index is 1010. The number of carbonyl (C=O) groups is 3. The number of fused-ring (bicyclic) bond motifs is 3. The van der Waals surface area contributed by atoms with E-state index in [4.69, 9.17) is 14.6 Å².